The molecular formula is C10H22FN. The molecule has 0 spiro atoms. The Bertz CT molecular complexity index is 83.9. The Morgan fingerprint density at radius 3 is 2.00 bits per heavy atom. The fourth-order valence-electron chi connectivity index (χ4n) is 1.30. The van der Waals surface area contributed by atoms with E-state index in [9.17, 15) is 4.39 Å². The van der Waals surface area contributed by atoms with Gasteiger partial charge in [-0.05, 0) is 12.8 Å². The summed E-state index contributed by atoms with van der Waals surface area (Å²) in [4.78, 5) is 0. The third-order valence-corrected chi connectivity index (χ3v) is 2.08. The van der Waals surface area contributed by atoms with Gasteiger partial charge < -0.3 is 5.73 Å². The van der Waals surface area contributed by atoms with Gasteiger partial charge in [0.05, 0.1) is 0 Å². The zero-order valence-corrected chi connectivity index (χ0v) is 8.19. The lowest BCUT2D eigenvalue weighted by atomic mass is 10.1. The highest BCUT2D eigenvalue weighted by Gasteiger charge is 1.96. The van der Waals surface area contributed by atoms with Gasteiger partial charge in [-0.15, -0.1) is 0 Å². The third-order valence-electron chi connectivity index (χ3n) is 2.08. The van der Waals surface area contributed by atoms with Crippen LogP contribution in [0.3, 0.4) is 0 Å². The first-order chi connectivity index (χ1) is 5.77. The Labute approximate surface area is 75.5 Å². The predicted molar refractivity (Wildman–Crippen MR) is 51.7 cm³/mol. The van der Waals surface area contributed by atoms with Crippen molar-refractivity contribution in [2.75, 3.05) is 0 Å². The van der Waals surface area contributed by atoms with Crippen molar-refractivity contribution in [1.82, 2.24) is 0 Å². The van der Waals surface area contributed by atoms with Crippen LogP contribution >= 0.6 is 0 Å². The molecule has 0 aliphatic rings. The van der Waals surface area contributed by atoms with Crippen LogP contribution in [-0.2, 0) is 0 Å². The summed E-state index contributed by atoms with van der Waals surface area (Å²) in [6.45, 7) is 2.21. The number of alkyl halides is 1. The van der Waals surface area contributed by atoms with Crippen LogP contribution in [0.1, 0.15) is 58.3 Å². The summed E-state index contributed by atoms with van der Waals surface area (Å²) in [6, 6.07) is 0. The average molecular weight is 175 g/mol. The van der Waals surface area contributed by atoms with Crippen LogP contribution in [0.5, 0.6) is 0 Å². The maximum Gasteiger partial charge on any atom is 0.148 e. The molecule has 1 unspecified atom stereocenters. The van der Waals surface area contributed by atoms with E-state index in [0.29, 0.717) is 6.42 Å². The maximum absolute atomic E-state index is 12.1. The van der Waals surface area contributed by atoms with Gasteiger partial charge in [0.15, 0.2) is 0 Å². The van der Waals surface area contributed by atoms with Gasteiger partial charge in [-0.3, -0.25) is 0 Å². The third kappa shape index (κ3) is 9.89. The summed E-state index contributed by atoms with van der Waals surface area (Å²) in [5.41, 5.74) is 4.99. The molecule has 12 heavy (non-hydrogen) atoms. The van der Waals surface area contributed by atoms with Gasteiger partial charge in [-0.25, -0.2) is 4.39 Å². The van der Waals surface area contributed by atoms with E-state index in [0.717, 1.165) is 12.8 Å². The standard InChI is InChI=1S/C10H22FN/c1-2-3-4-5-6-7-8-9-10(11)12/h10H,2-9,12H2,1H3. The van der Waals surface area contributed by atoms with E-state index in [1.807, 2.05) is 0 Å². The maximum atomic E-state index is 12.1. The summed E-state index contributed by atoms with van der Waals surface area (Å²) < 4.78 is 12.1. The summed E-state index contributed by atoms with van der Waals surface area (Å²) >= 11 is 0. The SMILES string of the molecule is CCCCCCCCCC(N)F. The van der Waals surface area contributed by atoms with E-state index in [1.54, 1.807) is 0 Å². The van der Waals surface area contributed by atoms with Gasteiger partial charge in [-0.2, -0.15) is 0 Å². The number of unbranched alkanes of at least 4 members (excludes halogenated alkanes) is 6. The lowest BCUT2D eigenvalue weighted by Gasteiger charge is -2.01. The second-order valence-corrected chi connectivity index (χ2v) is 3.43. The van der Waals surface area contributed by atoms with E-state index < -0.39 is 6.30 Å². The van der Waals surface area contributed by atoms with Crippen molar-refractivity contribution in [2.24, 2.45) is 5.73 Å². The lowest BCUT2D eigenvalue weighted by molar-refractivity contribution is 0.314. The number of rotatable bonds is 8. The molecular weight excluding hydrogens is 153 g/mol. The minimum atomic E-state index is -1.10. The largest absolute Gasteiger partial charge is 0.302 e. The van der Waals surface area contributed by atoms with Crippen LogP contribution in [0.25, 0.3) is 0 Å². The van der Waals surface area contributed by atoms with Crippen molar-refractivity contribution < 1.29 is 4.39 Å². The van der Waals surface area contributed by atoms with Crippen molar-refractivity contribution in [3.8, 4) is 0 Å². The monoisotopic (exact) mass is 175 g/mol. The molecule has 0 bridgehead atoms. The van der Waals surface area contributed by atoms with Crippen LogP contribution in [0.4, 0.5) is 4.39 Å². The van der Waals surface area contributed by atoms with Crippen LogP contribution in [-0.4, -0.2) is 6.30 Å². The van der Waals surface area contributed by atoms with Crippen molar-refractivity contribution in [3.63, 3.8) is 0 Å². The van der Waals surface area contributed by atoms with Crippen molar-refractivity contribution in [1.29, 1.82) is 0 Å². The van der Waals surface area contributed by atoms with Crippen molar-refractivity contribution in [3.05, 3.63) is 0 Å². The quantitative estimate of drug-likeness (QED) is 0.444. The predicted octanol–water partition coefficient (Wildman–Crippen LogP) is 3.38. The zero-order chi connectivity index (χ0) is 9.23. The molecule has 0 aromatic rings. The van der Waals surface area contributed by atoms with Crippen LogP contribution in [0, 0.1) is 0 Å². The molecule has 2 N–H and O–H groups in total. The second-order valence-electron chi connectivity index (χ2n) is 3.43. The Balaban J connectivity index is 2.82. The molecule has 2 heteroatoms. The van der Waals surface area contributed by atoms with Crippen LogP contribution < -0.4 is 5.73 Å². The molecule has 0 fully saturated rings. The van der Waals surface area contributed by atoms with E-state index in [2.05, 4.69) is 6.92 Å². The van der Waals surface area contributed by atoms with Gasteiger partial charge in [0.2, 0.25) is 0 Å². The molecule has 74 valence electrons. The van der Waals surface area contributed by atoms with Gasteiger partial charge in [-0.1, -0.05) is 45.4 Å². The molecule has 0 heterocycles. The highest BCUT2D eigenvalue weighted by atomic mass is 19.1. The normalized spacial score (nSPS) is 13.2. The Morgan fingerprint density at radius 1 is 1.00 bits per heavy atom. The second kappa shape index (κ2) is 8.98. The highest BCUT2D eigenvalue weighted by Crippen LogP contribution is 2.09. The molecule has 0 saturated carbocycles. The van der Waals surface area contributed by atoms with Crippen LogP contribution in [0.2, 0.25) is 0 Å². The molecule has 1 atom stereocenters. The first-order valence-electron chi connectivity index (χ1n) is 5.17. The molecule has 0 aromatic heterocycles. The number of hydrogen-bond acceptors (Lipinski definition) is 1. The first kappa shape index (κ1) is 11.9. The number of nitrogens with two attached hydrogens (primary N) is 1. The topological polar surface area (TPSA) is 26.0 Å². The van der Waals surface area contributed by atoms with Crippen molar-refractivity contribution >= 4 is 0 Å². The smallest absolute Gasteiger partial charge is 0.148 e. The fourth-order valence-corrected chi connectivity index (χ4v) is 1.30. The molecule has 0 aliphatic carbocycles. The molecule has 0 saturated heterocycles. The summed E-state index contributed by atoms with van der Waals surface area (Å²) in [5.74, 6) is 0. The number of hydrogen-bond donors (Lipinski definition) is 1. The lowest BCUT2D eigenvalue weighted by Crippen LogP contribution is -2.11. The first-order valence-corrected chi connectivity index (χ1v) is 5.17. The highest BCUT2D eigenvalue weighted by molar-refractivity contribution is 4.48. The van der Waals surface area contributed by atoms with Crippen LogP contribution in [0.15, 0.2) is 0 Å². The van der Waals surface area contributed by atoms with E-state index in [1.165, 1.54) is 32.1 Å². The summed E-state index contributed by atoms with van der Waals surface area (Å²) in [7, 11) is 0. The molecule has 0 rings (SSSR count). The van der Waals surface area contributed by atoms with Crippen molar-refractivity contribution in [2.45, 2.75) is 64.6 Å². The van der Waals surface area contributed by atoms with E-state index in [-0.39, 0.29) is 0 Å². The fraction of sp³-hybridized carbons (Fsp3) is 1.00. The van der Waals surface area contributed by atoms with Gasteiger partial charge in [0.25, 0.3) is 0 Å². The van der Waals surface area contributed by atoms with E-state index >= 15 is 0 Å². The summed E-state index contributed by atoms with van der Waals surface area (Å²) in [5, 5.41) is 0. The summed E-state index contributed by atoms with van der Waals surface area (Å²) in [6.07, 6.45) is 8.03. The van der Waals surface area contributed by atoms with Gasteiger partial charge >= 0.3 is 0 Å². The molecule has 0 amide bonds. The Morgan fingerprint density at radius 2 is 1.50 bits per heavy atom. The minimum absolute atomic E-state index is 0.535. The molecule has 0 aromatic carbocycles. The van der Waals surface area contributed by atoms with E-state index in [4.69, 9.17) is 5.73 Å². The molecule has 0 aliphatic heterocycles. The molecule has 1 nitrogen and oxygen atoms in total. The van der Waals surface area contributed by atoms with Gasteiger partial charge in [0.1, 0.15) is 6.30 Å². The number of halogens is 1. The zero-order valence-electron chi connectivity index (χ0n) is 8.19. The minimum Gasteiger partial charge on any atom is -0.302 e. The molecule has 0 radical (unpaired) electrons. The van der Waals surface area contributed by atoms with Gasteiger partial charge in [0, 0.05) is 0 Å². The average Bonchev–Trinajstić information content (AvgIpc) is 2.02. The Kier molecular flexibility index (Phi) is 8.90. The Hall–Kier alpha value is -0.110.